The van der Waals surface area contributed by atoms with Crippen molar-refractivity contribution in [2.75, 3.05) is 4.90 Å². The van der Waals surface area contributed by atoms with Crippen LogP contribution in [-0.4, -0.2) is 15.9 Å². The topological polar surface area (TPSA) is 46.1 Å². The molecular weight excluding hydrogens is 321 g/mol. The molecule has 1 heterocycles. The second kappa shape index (κ2) is 6.63. The number of aromatic nitrogens is 2. The third-order valence-electron chi connectivity index (χ3n) is 3.09. The lowest BCUT2D eigenvalue weighted by Crippen LogP contribution is -2.39. The average Bonchev–Trinajstić information content (AvgIpc) is 2.46. The van der Waals surface area contributed by atoms with Crippen molar-refractivity contribution in [2.24, 2.45) is 5.41 Å². The predicted molar refractivity (Wildman–Crippen MR) is 89.1 cm³/mol. The van der Waals surface area contributed by atoms with Crippen molar-refractivity contribution in [1.82, 2.24) is 9.97 Å². The molecule has 1 amide bonds. The molecule has 2 rings (SSSR count). The van der Waals surface area contributed by atoms with Gasteiger partial charge in [-0.2, -0.15) is 0 Å². The van der Waals surface area contributed by atoms with E-state index in [2.05, 4.69) is 9.97 Å². The Morgan fingerprint density at radius 1 is 1.18 bits per heavy atom. The van der Waals surface area contributed by atoms with Gasteiger partial charge in [-0.1, -0.05) is 50.0 Å². The first-order valence-electron chi connectivity index (χ1n) is 6.80. The van der Waals surface area contributed by atoms with Crippen LogP contribution in [0.25, 0.3) is 0 Å². The summed E-state index contributed by atoms with van der Waals surface area (Å²) in [5, 5.41) is 1.08. The molecule has 116 valence electrons. The zero-order valence-electron chi connectivity index (χ0n) is 12.7. The molecule has 0 spiro atoms. The summed E-state index contributed by atoms with van der Waals surface area (Å²) in [6.07, 6.45) is 4.65. The van der Waals surface area contributed by atoms with E-state index in [1.165, 1.54) is 6.33 Å². The number of nitrogens with zero attached hydrogens (tertiary/aromatic N) is 3. The third-order valence-corrected chi connectivity index (χ3v) is 3.68. The maximum atomic E-state index is 12.7. The van der Waals surface area contributed by atoms with Crippen molar-refractivity contribution in [3.8, 4) is 0 Å². The van der Waals surface area contributed by atoms with Crippen LogP contribution in [0.5, 0.6) is 0 Å². The fourth-order valence-corrected chi connectivity index (χ4v) is 2.40. The second-order valence-corrected chi connectivity index (χ2v) is 6.82. The molecule has 4 nitrogen and oxygen atoms in total. The van der Waals surface area contributed by atoms with Crippen LogP contribution < -0.4 is 4.90 Å². The maximum absolute atomic E-state index is 12.7. The Morgan fingerprint density at radius 3 is 2.36 bits per heavy atom. The van der Waals surface area contributed by atoms with Gasteiger partial charge in [0.2, 0.25) is 5.91 Å². The Kier molecular flexibility index (Phi) is 5.04. The molecule has 6 heteroatoms. The third kappa shape index (κ3) is 3.96. The summed E-state index contributed by atoms with van der Waals surface area (Å²) in [4.78, 5) is 22.4. The summed E-state index contributed by atoms with van der Waals surface area (Å²) in [5.74, 6) is -0.0340. The van der Waals surface area contributed by atoms with E-state index < -0.39 is 5.41 Å². The number of carbonyl (C=O) groups excluding carboxylic acids is 1. The molecule has 1 aromatic carbocycles. The smallest absolute Gasteiger partial charge is 0.232 e. The lowest BCUT2D eigenvalue weighted by atomic mass is 9.94. The number of anilines is 1. The van der Waals surface area contributed by atoms with Gasteiger partial charge in [0, 0.05) is 15.5 Å². The fourth-order valence-electron chi connectivity index (χ4n) is 1.94. The summed E-state index contributed by atoms with van der Waals surface area (Å²) >= 11 is 12.1. The van der Waals surface area contributed by atoms with E-state index in [9.17, 15) is 4.79 Å². The molecule has 22 heavy (non-hydrogen) atoms. The molecular formula is C16H17Cl2N3O. The monoisotopic (exact) mass is 337 g/mol. The highest BCUT2D eigenvalue weighted by molar-refractivity contribution is 6.35. The summed E-state index contributed by atoms with van der Waals surface area (Å²) in [6, 6.07) is 5.24. The molecule has 0 fully saturated rings. The standard InChI is InChI=1S/C16H17Cl2N3O/c1-16(2,3)15(22)21(13-7-19-10-20-8-13)9-11-4-5-12(17)6-14(11)18/h4-8,10H,9H2,1-3H3. The van der Waals surface area contributed by atoms with E-state index >= 15 is 0 Å². The molecule has 0 aliphatic rings. The number of rotatable bonds is 3. The molecule has 1 aromatic heterocycles. The molecule has 0 atom stereocenters. The molecule has 0 unspecified atom stereocenters. The van der Waals surface area contributed by atoms with Crippen LogP contribution in [0.3, 0.4) is 0 Å². The van der Waals surface area contributed by atoms with Gasteiger partial charge >= 0.3 is 0 Å². The zero-order valence-corrected chi connectivity index (χ0v) is 14.2. The van der Waals surface area contributed by atoms with Crippen LogP contribution in [0.1, 0.15) is 26.3 Å². The first kappa shape index (κ1) is 16.7. The van der Waals surface area contributed by atoms with Crippen molar-refractivity contribution < 1.29 is 4.79 Å². The highest BCUT2D eigenvalue weighted by Gasteiger charge is 2.29. The molecule has 0 saturated heterocycles. The van der Waals surface area contributed by atoms with Gasteiger partial charge in [-0.05, 0) is 17.7 Å². The quantitative estimate of drug-likeness (QED) is 0.835. The lowest BCUT2D eigenvalue weighted by molar-refractivity contribution is -0.125. The van der Waals surface area contributed by atoms with Gasteiger partial charge in [-0.15, -0.1) is 0 Å². The molecule has 0 saturated carbocycles. The van der Waals surface area contributed by atoms with Crippen LogP contribution in [0.15, 0.2) is 36.9 Å². The summed E-state index contributed by atoms with van der Waals surface area (Å²) in [7, 11) is 0. The largest absolute Gasteiger partial charge is 0.305 e. The van der Waals surface area contributed by atoms with Gasteiger partial charge in [-0.25, -0.2) is 9.97 Å². The predicted octanol–water partition coefficient (Wildman–Crippen LogP) is 4.36. The number of carbonyl (C=O) groups is 1. The Labute approximate surface area is 140 Å². The van der Waals surface area contributed by atoms with E-state index in [1.807, 2.05) is 26.8 Å². The normalized spacial score (nSPS) is 11.3. The van der Waals surface area contributed by atoms with Gasteiger partial charge in [0.05, 0.1) is 24.6 Å². The van der Waals surface area contributed by atoms with Crippen LogP contribution in [0.4, 0.5) is 5.69 Å². The van der Waals surface area contributed by atoms with Gasteiger partial charge in [-0.3, -0.25) is 4.79 Å². The van der Waals surface area contributed by atoms with Crippen molar-refractivity contribution in [1.29, 1.82) is 0 Å². The number of hydrogen-bond donors (Lipinski definition) is 0. The Balaban J connectivity index is 2.39. The summed E-state index contributed by atoms with van der Waals surface area (Å²) in [6.45, 7) is 5.94. The van der Waals surface area contributed by atoms with E-state index in [0.29, 0.717) is 22.3 Å². The minimum Gasteiger partial charge on any atom is -0.305 e. The first-order valence-corrected chi connectivity index (χ1v) is 7.55. The number of benzene rings is 1. The Morgan fingerprint density at radius 2 is 1.82 bits per heavy atom. The van der Waals surface area contributed by atoms with Gasteiger partial charge in [0.25, 0.3) is 0 Å². The summed E-state index contributed by atoms with van der Waals surface area (Å²) in [5.41, 5.74) is 0.912. The lowest BCUT2D eigenvalue weighted by Gasteiger charge is -2.29. The van der Waals surface area contributed by atoms with Crippen LogP contribution in [-0.2, 0) is 11.3 Å². The minimum atomic E-state index is -0.533. The number of amides is 1. The zero-order chi connectivity index (χ0) is 16.3. The van der Waals surface area contributed by atoms with Crippen molar-refractivity contribution in [3.63, 3.8) is 0 Å². The van der Waals surface area contributed by atoms with E-state index in [0.717, 1.165) is 5.56 Å². The van der Waals surface area contributed by atoms with Crippen molar-refractivity contribution in [2.45, 2.75) is 27.3 Å². The average molecular weight is 338 g/mol. The SMILES string of the molecule is CC(C)(C)C(=O)N(Cc1ccc(Cl)cc1Cl)c1cncnc1. The molecule has 2 aromatic rings. The molecule has 0 aliphatic carbocycles. The van der Waals surface area contributed by atoms with Gasteiger partial charge < -0.3 is 4.90 Å². The second-order valence-electron chi connectivity index (χ2n) is 5.97. The number of halogens is 2. The van der Waals surface area contributed by atoms with Gasteiger partial charge in [0.1, 0.15) is 6.33 Å². The number of hydrogen-bond acceptors (Lipinski definition) is 3. The molecule has 0 N–H and O–H groups in total. The molecule has 0 bridgehead atoms. The highest BCUT2D eigenvalue weighted by Crippen LogP contribution is 2.27. The Hall–Kier alpha value is -1.65. The first-order chi connectivity index (χ1) is 10.3. The highest BCUT2D eigenvalue weighted by atomic mass is 35.5. The van der Waals surface area contributed by atoms with Crippen LogP contribution >= 0.6 is 23.2 Å². The molecule has 0 aliphatic heterocycles. The van der Waals surface area contributed by atoms with Crippen LogP contribution in [0.2, 0.25) is 10.0 Å². The van der Waals surface area contributed by atoms with Crippen molar-refractivity contribution >= 4 is 34.8 Å². The van der Waals surface area contributed by atoms with Crippen LogP contribution in [0, 0.1) is 5.41 Å². The Bertz CT molecular complexity index is 669. The van der Waals surface area contributed by atoms with E-state index in [-0.39, 0.29) is 5.91 Å². The summed E-state index contributed by atoms with van der Waals surface area (Å²) < 4.78 is 0. The fraction of sp³-hybridized carbons (Fsp3) is 0.312. The van der Waals surface area contributed by atoms with Gasteiger partial charge in [0.15, 0.2) is 0 Å². The maximum Gasteiger partial charge on any atom is 0.232 e. The van der Waals surface area contributed by atoms with E-state index in [1.54, 1.807) is 29.4 Å². The van der Waals surface area contributed by atoms with E-state index in [4.69, 9.17) is 23.2 Å². The molecule has 0 radical (unpaired) electrons. The van der Waals surface area contributed by atoms with Crippen molar-refractivity contribution in [3.05, 3.63) is 52.5 Å². The minimum absolute atomic E-state index is 0.0340.